The Balaban J connectivity index is 1.89. The zero-order chi connectivity index (χ0) is 17.0. The van der Waals surface area contributed by atoms with Crippen molar-refractivity contribution in [1.29, 1.82) is 0 Å². The highest BCUT2D eigenvalue weighted by Gasteiger charge is 2.30. The van der Waals surface area contributed by atoms with Crippen LogP contribution in [0.25, 0.3) is 0 Å². The number of amides is 3. The van der Waals surface area contributed by atoms with E-state index >= 15 is 0 Å². The van der Waals surface area contributed by atoms with Crippen molar-refractivity contribution >= 4 is 23.7 Å². The van der Waals surface area contributed by atoms with Crippen molar-refractivity contribution in [2.45, 2.75) is 63.4 Å². The molecule has 1 heterocycles. The molecule has 3 amide bonds. The predicted molar refractivity (Wildman–Crippen MR) is 89.4 cm³/mol. The van der Waals surface area contributed by atoms with Gasteiger partial charge in [0.2, 0.25) is 5.91 Å². The number of aromatic nitrogens is 3. The number of rotatable bonds is 7. The van der Waals surface area contributed by atoms with Crippen molar-refractivity contribution < 1.29 is 9.59 Å². The van der Waals surface area contributed by atoms with Crippen LogP contribution in [0.1, 0.15) is 52.3 Å². The molecule has 0 spiro atoms. The summed E-state index contributed by atoms with van der Waals surface area (Å²) in [4.78, 5) is 23.8. The monoisotopic (exact) mass is 339 g/mol. The summed E-state index contributed by atoms with van der Waals surface area (Å²) in [6.07, 6.45) is 2.32. The smallest absolute Gasteiger partial charge is 0.321 e. The largest absolute Gasteiger partial charge is 0.338 e. The van der Waals surface area contributed by atoms with Gasteiger partial charge in [-0.2, -0.15) is 0 Å². The van der Waals surface area contributed by atoms with Gasteiger partial charge in [0.15, 0.2) is 5.16 Å². The van der Waals surface area contributed by atoms with Gasteiger partial charge < -0.3 is 9.88 Å². The van der Waals surface area contributed by atoms with Crippen LogP contribution in [-0.4, -0.2) is 38.5 Å². The van der Waals surface area contributed by atoms with E-state index in [0.29, 0.717) is 18.4 Å². The Bertz CT molecular complexity index is 568. The quantitative estimate of drug-likeness (QED) is 0.743. The first-order valence-electron chi connectivity index (χ1n) is 8.10. The average molecular weight is 339 g/mol. The third kappa shape index (κ3) is 4.95. The molecule has 2 N–H and O–H groups in total. The third-order valence-corrected chi connectivity index (χ3v) is 4.64. The van der Waals surface area contributed by atoms with Gasteiger partial charge in [-0.05, 0) is 32.6 Å². The lowest BCUT2D eigenvalue weighted by Crippen LogP contribution is -2.43. The molecule has 23 heavy (non-hydrogen) atoms. The Morgan fingerprint density at radius 3 is 2.57 bits per heavy atom. The first kappa shape index (κ1) is 17.8. The van der Waals surface area contributed by atoms with Crippen LogP contribution >= 0.6 is 11.8 Å². The fourth-order valence-electron chi connectivity index (χ4n) is 2.09. The molecule has 8 heteroatoms. The van der Waals surface area contributed by atoms with Crippen LogP contribution in [0.4, 0.5) is 4.79 Å². The molecule has 1 aliphatic rings. The maximum atomic E-state index is 12.1. The minimum Gasteiger partial charge on any atom is -0.338 e. The lowest BCUT2D eigenvalue weighted by atomic mass is 10.2. The molecule has 2 rings (SSSR count). The fraction of sp³-hybridized carbons (Fsp3) is 0.733. The fourth-order valence-corrected chi connectivity index (χ4v) is 3.01. The molecule has 1 aromatic heterocycles. The van der Waals surface area contributed by atoms with Gasteiger partial charge in [-0.3, -0.25) is 10.1 Å². The molecule has 1 fully saturated rings. The second-order valence-electron chi connectivity index (χ2n) is 6.21. The SMILES string of the molecule is CCn1c(SC(C)C(=O)NC(=O)NCC(C)C)nnc1C1CC1. The Morgan fingerprint density at radius 1 is 1.30 bits per heavy atom. The molecule has 1 atom stereocenters. The van der Waals surface area contributed by atoms with E-state index < -0.39 is 11.3 Å². The van der Waals surface area contributed by atoms with Gasteiger partial charge in [-0.15, -0.1) is 10.2 Å². The van der Waals surface area contributed by atoms with Crippen LogP contribution < -0.4 is 10.6 Å². The summed E-state index contributed by atoms with van der Waals surface area (Å²) in [5.74, 6) is 1.54. The van der Waals surface area contributed by atoms with Crippen molar-refractivity contribution in [3.63, 3.8) is 0 Å². The summed E-state index contributed by atoms with van der Waals surface area (Å²) in [6, 6.07) is -0.452. The molecule has 0 radical (unpaired) electrons. The first-order chi connectivity index (χ1) is 10.9. The number of carbonyl (C=O) groups is 2. The molecule has 128 valence electrons. The van der Waals surface area contributed by atoms with Gasteiger partial charge >= 0.3 is 6.03 Å². The Hall–Kier alpha value is -1.57. The van der Waals surface area contributed by atoms with E-state index in [2.05, 4.69) is 25.4 Å². The molecule has 7 nitrogen and oxygen atoms in total. The highest BCUT2D eigenvalue weighted by molar-refractivity contribution is 8.00. The van der Waals surface area contributed by atoms with Crippen molar-refractivity contribution in [3.8, 4) is 0 Å². The van der Waals surface area contributed by atoms with E-state index in [9.17, 15) is 9.59 Å². The van der Waals surface area contributed by atoms with Gasteiger partial charge in [0.05, 0.1) is 5.25 Å². The summed E-state index contributed by atoms with van der Waals surface area (Å²) in [5.41, 5.74) is 0. The van der Waals surface area contributed by atoms with E-state index in [4.69, 9.17) is 0 Å². The minimum atomic E-state index is -0.452. The molecular weight excluding hydrogens is 314 g/mol. The summed E-state index contributed by atoms with van der Waals surface area (Å²) in [7, 11) is 0. The lowest BCUT2D eigenvalue weighted by Gasteiger charge is -2.13. The Morgan fingerprint density at radius 2 is 2.00 bits per heavy atom. The van der Waals surface area contributed by atoms with Crippen molar-refractivity contribution in [2.75, 3.05) is 6.54 Å². The summed E-state index contributed by atoms with van der Waals surface area (Å²) in [5, 5.41) is 13.8. The van der Waals surface area contributed by atoms with E-state index in [0.717, 1.165) is 30.4 Å². The summed E-state index contributed by atoms with van der Waals surface area (Å²) >= 11 is 1.33. The van der Waals surface area contributed by atoms with Gasteiger partial charge in [0, 0.05) is 19.0 Å². The molecule has 0 saturated heterocycles. The predicted octanol–water partition coefficient (Wildman–Crippen LogP) is 2.14. The summed E-state index contributed by atoms with van der Waals surface area (Å²) in [6.45, 7) is 9.12. The molecule has 1 unspecified atom stereocenters. The second-order valence-corrected chi connectivity index (χ2v) is 7.52. The number of imide groups is 1. The van der Waals surface area contributed by atoms with Gasteiger partial charge in [0.25, 0.3) is 0 Å². The zero-order valence-electron chi connectivity index (χ0n) is 14.1. The van der Waals surface area contributed by atoms with Crippen molar-refractivity contribution in [2.24, 2.45) is 5.92 Å². The number of thioether (sulfide) groups is 1. The van der Waals surface area contributed by atoms with Crippen LogP contribution in [0.15, 0.2) is 5.16 Å². The number of hydrogen-bond acceptors (Lipinski definition) is 5. The number of urea groups is 1. The first-order valence-corrected chi connectivity index (χ1v) is 8.98. The number of nitrogens with zero attached hydrogens (tertiary/aromatic N) is 3. The second kappa shape index (κ2) is 7.81. The molecular formula is C15H25N5O2S. The zero-order valence-corrected chi connectivity index (χ0v) is 14.9. The maximum absolute atomic E-state index is 12.1. The van der Waals surface area contributed by atoms with E-state index in [1.54, 1.807) is 6.92 Å². The van der Waals surface area contributed by atoms with Crippen LogP contribution in [0.5, 0.6) is 0 Å². The van der Waals surface area contributed by atoms with Gasteiger partial charge in [-0.1, -0.05) is 25.6 Å². The molecule has 0 aromatic carbocycles. The van der Waals surface area contributed by atoms with Crippen LogP contribution in [0.2, 0.25) is 0 Å². The Kier molecular flexibility index (Phi) is 6.04. The normalized spacial score (nSPS) is 15.5. The number of carbonyl (C=O) groups excluding carboxylic acids is 2. The third-order valence-electron chi connectivity index (χ3n) is 3.56. The van der Waals surface area contributed by atoms with Gasteiger partial charge in [0.1, 0.15) is 5.82 Å². The van der Waals surface area contributed by atoms with Crippen molar-refractivity contribution in [1.82, 2.24) is 25.4 Å². The van der Waals surface area contributed by atoms with E-state index in [1.807, 2.05) is 20.8 Å². The summed E-state index contributed by atoms with van der Waals surface area (Å²) < 4.78 is 2.06. The Labute approximate surface area is 141 Å². The van der Waals surface area contributed by atoms with Gasteiger partial charge in [-0.25, -0.2) is 4.79 Å². The standard InChI is InChI=1S/C15H25N5O2S/c1-5-20-12(11-6-7-11)18-19-15(20)23-10(4)13(21)17-14(22)16-8-9(2)3/h9-11H,5-8H2,1-4H3,(H2,16,17,21,22). The maximum Gasteiger partial charge on any atom is 0.321 e. The van der Waals surface area contributed by atoms with Crippen LogP contribution in [0, 0.1) is 5.92 Å². The van der Waals surface area contributed by atoms with Crippen LogP contribution in [-0.2, 0) is 11.3 Å². The molecule has 1 saturated carbocycles. The highest BCUT2D eigenvalue weighted by Crippen LogP contribution is 2.40. The van der Waals surface area contributed by atoms with Crippen molar-refractivity contribution in [3.05, 3.63) is 5.82 Å². The lowest BCUT2D eigenvalue weighted by molar-refractivity contribution is -0.119. The average Bonchev–Trinajstić information content (AvgIpc) is 3.26. The molecule has 1 aromatic rings. The molecule has 1 aliphatic carbocycles. The molecule has 0 bridgehead atoms. The van der Waals surface area contributed by atoms with E-state index in [-0.39, 0.29) is 5.91 Å². The molecule has 0 aliphatic heterocycles. The highest BCUT2D eigenvalue weighted by atomic mass is 32.2. The van der Waals surface area contributed by atoms with Crippen LogP contribution in [0.3, 0.4) is 0 Å². The van der Waals surface area contributed by atoms with E-state index in [1.165, 1.54) is 11.8 Å². The topological polar surface area (TPSA) is 88.9 Å². The number of hydrogen-bond donors (Lipinski definition) is 2. The number of nitrogens with one attached hydrogen (secondary N) is 2. The minimum absolute atomic E-state index is 0.324.